The van der Waals surface area contributed by atoms with Gasteiger partial charge in [-0.1, -0.05) is 6.92 Å². The molecule has 0 aromatic rings. The summed E-state index contributed by atoms with van der Waals surface area (Å²) in [6.45, 7) is 4.39. The van der Waals surface area contributed by atoms with Gasteiger partial charge in [0.1, 0.15) is 12.7 Å². The predicted molar refractivity (Wildman–Crippen MR) is 148 cm³/mol. The van der Waals surface area contributed by atoms with E-state index in [0.717, 1.165) is 24.8 Å². The lowest BCUT2D eigenvalue weighted by molar-refractivity contribution is -0.282. The average molecular weight is 578 g/mol. The number of hydrogen-bond donors (Lipinski definition) is 5. The van der Waals surface area contributed by atoms with Crippen LogP contribution in [0.2, 0.25) is 0 Å². The maximum atomic E-state index is 12.6. The molecule has 10 heteroatoms. The average Bonchev–Trinajstić information content (AvgIpc) is 3.47. The normalized spacial score (nSPS) is 51.6. The molecule has 0 amide bonds. The number of fused-ring (bicyclic) bond motifs is 5. The highest BCUT2D eigenvalue weighted by Crippen LogP contribution is 2.70. The fourth-order valence-electron chi connectivity index (χ4n) is 10.1. The van der Waals surface area contributed by atoms with E-state index in [1.165, 1.54) is 0 Å². The first kappa shape index (κ1) is 29.7. The van der Waals surface area contributed by atoms with E-state index in [2.05, 4.69) is 11.9 Å². The zero-order chi connectivity index (χ0) is 29.2. The Morgan fingerprint density at radius 2 is 1.88 bits per heavy atom. The van der Waals surface area contributed by atoms with Crippen LogP contribution in [0.3, 0.4) is 0 Å². The Balaban J connectivity index is 1.26. The molecular formula is C31H47NO9. The largest absolute Gasteiger partial charge is 0.458 e. The van der Waals surface area contributed by atoms with Gasteiger partial charge in [-0.25, -0.2) is 4.79 Å². The van der Waals surface area contributed by atoms with Crippen LogP contribution in [0.25, 0.3) is 0 Å². The van der Waals surface area contributed by atoms with Crippen LogP contribution in [0, 0.1) is 28.6 Å². The van der Waals surface area contributed by atoms with E-state index >= 15 is 0 Å². The molecule has 0 aromatic heterocycles. The second-order valence-electron chi connectivity index (χ2n) is 13.9. The number of rotatable bonds is 6. The van der Waals surface area contributed by atoms with Crippen molar-refractivity contribution in [3.8, 4) is 0 Å². The molecule has 5 N–H and O–H groups in total. The molecule has 0 radical (unpaired) electrons. The minimum absolute atomic E-state index is 0.0137. The van der Waals surface area contributed by atoms with E-state index in [0.29, 0.717) is 45.1 Å². The first-order valence-electron chi connectivity index (χ1n) is 15.6. The van der Waals surface area contributed by atoms with E-state index in [1.807, 2.05) is 6.21 Å². The number of carbonyl (C=O) groups excluding carboxylic acids is 1. The Morgan fingerprint density at radius 1 is 1.10 bits per heavy atom. The van der Waals surface area contributed by atoms with Crippen LogP contribution in [0.15, 0.2) is 16.6 Å². The molecule has 6 rings (SSSR count). The molecule has 1 saturated heterocycles. The zero-order valence-corrected chi connectivity index (χ0v) is 24.3. The topological polar surface area (TPSA) is 158 Å². The highest BCUT2D eigenvalue weighted by atomic mass is 16.7. The highest BCUT2D eigenvalue weighted by Gasteiger charge is 2.71. The summed E-state index contributed by atoms with van der Waals surface area (Å²) in [5.74, 6) is -0.218. The van der Waals surface area contributed by atoms with Crippen LogP contribution in [-0.2, 0) is 19.0 Å². The Bertz CT molecular complexity index is 1070. The molecule has 0 spiro atoms. The van der Waals surface area contributed by atoms with Crippen molar-refractivity contribution >= 4 is 12.2 Å². The molecule has 0 bridgehead atoms. The van der Waals surface area contributed by atoms with Crippen molar-refractivity contribution in [2.75, 3.05) is 19.8 Å². The molecule has 1 unspecified atom stereocenters. The van der Waals surface area contributed by atoms with Crippen molar-refractivity contribution in [3.05, 3.63) is 11.6 Å². The van der Waals surface area contributed by atoms with E-state index in [-0.39, 0.29) is 54.8 Å². The van der Waals surface area contributed by atoms with Crippen molar-refractivity contribution < 1.29 is 44.5 Å². The second-order valence-corrected chi connectivity index (χ2v) is 13.9. The quantitative estimate of drug-likeness (QED) is 0.180. The first-order valence-corrected chi connectivity index (χ1v) is 15.6. The number of ether oxygens (including phenoxy) is 3. The maximum Gasteiger partial charge on any atom is 0.331 e. The first-order chi connectivity index (χ1) is 19.5. The monoisotopic (exact) mass is 577 g/mol. The SMILES string of the molecule is C[C@H]1O[C@@H](OC2CC[C@]3(C=NCCO)[C@H]4CC[C@]5(C)[C@@H](C6=CC(=O)OC6)CC[C@]5(O)[C@@H]4CC[C@]3(O)C2)C[C@H](O)[C@@H]1O. The zero-order valence-electron chi connectivity index (χ0n) is 24.3. The molecule has 0 aromatic carbocycles. The van der Waals surface area contributed by atoms with Gasteiger partial charge in [-0.05, 0) is 81.6 Å². The Hall–Kier alpha value is -1.40. The summed E-state index contributed by atoms with van der Waals surface area (Å²) >= 11 is 0. The summed E-state index contributed by atoms with van der Waals surface area (Å²) < 4.78 is 17.4. The highest BCUT2D eigenvalue weighted by molar-refractivity contribution is 5.85. The fourth-order valence-corrected chi connectivity index (χ4v) is 10.1. The number of cyclic esters (lactones) is 1. The van der Waals surface area contributed by atoms with Gasteiger partial charge in [0.15, 0.2) is 6.29 Å². The van der Waals surface area contributed by atoms with Crippen LogP contribution in [0.1, 0.15) is 78.1 Å². The molecule has 12 atom stereocenters. The van der Waals surface area contributed by atoms with Crippen molar-refractivity contribution in [1.29, 1.82) is 0 Å². The molecule has 230 valence electrons. The summed E-state index contributed by atoms with van der Waals surface area (Å²) in [6.07, 6.45) is 6.25. The van der Waals surface area contributed by atoms with Crippen LogP contribution in [-0.4, -0.2) is 99.4 Å². The standard InChI is InChI=1S/C31H47NO9/c1-18-27(36)24(34)14-26(40-18)41-20-3-8-29(17-32-11-12-33)22-4-7-28(2)21(19-13-25(35)39-16-19)6-10-31(28,38)23(22)5-9-30(29,37)15-20/h13,17-18,20-24,26-27,33-34,36-38H,3-12,14-16H2,1-2H3/t18-,20?,21-,22+,23-,24+,26+,27-,28-,29+,30+,31+/m1/s1. The van der Waals surface area contributed by atoms with Gasteiger partial charge in [-0.3, -0.25) is 4.99 Å². The summed E-state index contributed by atoms with van der Waals surface area (Å²) in [7, 11) is 0. The molecular weight excluding hydrogens is 530 g/mol. The molecule has 6 aliphatic rings. The van der Waals surface area contributed by atoms with Gasteiger partial charge < -0.3 is 39.7 Å². The molecule has 5 fully saturated rings. The third kappa shape index (κ3) is 4.55. The van der Waals surface area contributed by atoms with E-state index < -0.39 is 41.2 Å². The minimum atomic E-state index is -1.11. The van der Waals surface area contributed by atoms with Gasteiger partial charge in [0.05, 0.1) is 42.7 Å². The number of hydrogen-bond acceptors (Lipinski definition) is 10. The Kier molecular flexibility index (Phi) is 7.70. The van der Waals surface area contributed by atoms with Crippen LogP contribution >= 0.6 is 0 Å². The lowest BCUT2D eigenvalue weighted by Crippen LogP contribution is -2.69. The van der Waals surface area contributed by atoms with E-state index in [1.54, 1.807) is 13.0 Å². The third-order valence-corrected chi connectivity index (χ3v) is 12.2. The number of nitrogens with zero attached hydrogens (tertiary/aromatic N) is 1. The summed E-state index contributed by atoms with van der Waals surface area (Å²) in [5.41, 5.74) is -2.09. The number of aliphatic hydroxyl groups excluding tert-OH is 3. The van der Waals surface area contributed by atoms with E-state index in [4.69, 9.17) is 14.2 Å². The lowest BCUT2D eigenvalue weighted by Gasteiger charge is -2.66. The Morgan fingerprint density at radius 3 is 2.59 bits per heavy atom. The van der Waals surface area contributed by atoms with Crippen LogP contribution in [0.4, 0.5) is 0 Å². The van der Waals surface area contributed by atoms with E-state index in [9.17, 15) is 30.3 Å². The number of esters is 1. The second kappa shape index (κ2) is 10.6. The van der Waals surface area contributed by atoms with Gasteiger partial charge in [-0.15, -0.1) is 0 Å². The number of aliphatic hydroxyl groups is 5. The Labute approximate surface area is 241 Å². The van der Waals surface area contributed by atoms with Gasteiger partial charge in [-0.2, -0.15) is 0 Å². The van der Waals surface area contributed by atoms with Crippen molar-refractivity contribution in [2.45, 2.75) is 120 Å². The third-order valence-electron chi connectivity index (χ3n) is 12.2. The van der Waals surface area contributed by atoms with Crippen molar-refractivity contribution in [3.63, 3.8) is 0 Å². The molecule has 4 saturated carbocycles. The van der Waals surface area contributed by atoms with Gasteiger partial charge in [0.25, 0.3) is 0 Å². The van der Waals surface area contributed by atoms with Crippen molar-refractivity contribution in [2.24, 2.45) is 33.6 Å². The summed E-state index contributed by atoms with van der Waals surface area (Å²) in [4.78, 5) is 16.5. The van der Waals surface area contributed by atoms with Crippen LogP contribution in [0.5, 0.6) is 0 Å². The number of carbonyl (C=O) groups is 1. The molecule has 41 heavy (non-hydrogen) atoms. The van der Waals surface area contributed by atoms with Gasteiger partial charge in [0, 0.05) is 36.0 Å². The van der Waals surface area contributed by atoms with Crippen molar-refractivity contribution in [1.82, 2.24) is 0 Å². The molecule has 10 nitrogen and oxygen atoms in total. The fraction of sp³-hybridized carbons (Fsp3) is 0.871. The minimum Gasteiger partial charge on any atom is -0.458 e. The summed E-state index contributed by atoms with van der Waals surface area (Å²) in [5, 5.41) is 54.8. The molecule has 4 aliphatic carbocycles. The molecule has 2 aliphatic heterocycles. The predicted octanol–water partition coefficient (Wildman–Crippen LogP) is 1.64. The van der Waals surface area contributed by atoms with Crippen LogP contribution < -0.4 is 0 Å². The van der Waals surface area contributed by atoms with Gasteiger partial charge in [0.2, 0.25) is 0 Å². The lowest BCUT2D eigenvalue weighted by atomic mass is 9.41. The van der Waals surface area contributed by atoms with Gasteiger partial charge >= 0.3 is 5.97 Å². The smallest absolute Gasteiger partial charge is 0.331 e. The summed E-state index contributed by atoms with van der Waals surface area (Å²) in [6, 6.07) is 0. The molecule has 2 heterocycles. The number of aliphatic imine (C=N–C) groups is 1. The maximum absolute atomic E-state index is 12.6.